The van der Waals surface area contributed by atoms with Crippen molar-refractivity contribution in [3.8, 4) is 0 Å². The van der Waals surface area contributed by atoms with Gasteiger partial charge in [0.1, 0.15) is 0 Å². The molecule has 2 N–H and O–H groups in total. The second kappa shape index (κ2) is 3.22. The summed E-state index contributed by atoms with van der Waals surface area (Å²) >= 11 is 0. The highest BCUT2D eigenvalue weighted by molar-refractivity contribution is 5.72. The molecule has 3 heteroatoms. The Kier molecular flexibility index (Phi) is 2.49. The van der Waals surface area contributed by atoms with E-state index in [1.54, 1.807) is 0 Å². The molecular weight excluding hydrogens is 142 g/mol. The predicted octanol–water partition coefficient (Wildman–Crippen LogP) is 0.428. The lowest BCUT2D eigenvalue weighted by molar-refractivity contribution is -0.119. The zero-order valence-electron chi connectivity index (χ0n) is 6.89. The van der Waals surface area contributed by atoms with Crippen molar-refractivity contribution in [2.24, 2.45) is 0 Å². The zero-order chi connectivity index (χ0) is 8.32. The van der Waals surface area contributed by atoms with Gasteiger partial charge in [0.25, 0.3) is 0 Å². The van der Waals surface area contributed by atoms with E-state index in [-0.39, 0.29) is 11.5 Å². The number of rotatable bonds is 4. The molecule has 1 fully saturated rings. The highest BCUT2D eigenvalue weighted by Gasteiger charge is 2.39. The summed E-state index contributed by atoms with van der Waals surface area (Å²) in [4.78, 5) is 10.4. The van der Waals surface area contributed by atoms with Crippen molar-refractivity contribution in [3.05, 3.63) is 0 Å². The molecule has 0 bridgehead atoms. The van der Waals surface area contributed by atoms with Gasteiger partial charge in [0.05, 0.1) is 5.60 Å². The highest BCUT2D eigenvalue weighted by atomic mass is 16.3. The van der Waals surface area contributed by atoms with E-state index in [9.17, 15) is 9.90 Å². The molecule has 0 unspecified atom stereocenters. The van der Waals surface area contributed by atoms with Crippen LogP contribution in [0.1, 0.15) is 32.6 Å². The van der Waals surface area contributed by atoms with Gasteiger partial charge in [0, 0.05) is 13.5 Å². The van der Waals surface area contributed by atoms with Crippen molar-refractivity contribution >= 4 is 5.91 Å². The van der Waals surface area contributed by atoms with Gasteiger partial charge in [0.2, 0.25) is 5.91 Å². The van der Waals surface area contributed by atoms with Gasteiger partial charge in [-0.1, -0.05) is 0 Å². The Balaban J connectivity index is 1.92. The first-order valence-corrected chi connectivity index (χ1v) is 4.09. The summed E-state index contributed by atoms with van der Waals surface area (Å²) in [5, 5.41) is 12.1. The highest BCUT2D eigenvalue weighted by Crippen LogP contribution is 2.38. The minimum absolute atomic E-state index is 0.00721. The molecule has 0 radical (unpaired) electrons. The third-order valence-corrected chi connectivity index (χ3v) is 2.02. The van der Waals surface area contributed by atoms with Crippen molar-refractivity contribution in [1.82, 2.24) is 5.32 Å². The zero-order valence-corrected chi connectivity index (χ0v) is 6.89. The maximum atomic E-state index is 10.4. The molecule has 0 saturated heterocycles. The standard InChI is InChI=1S/C8H15NO2/c1-7(10)9-6-2-3-8(11)4-5-8/h11H,2-6H2,1H3,(H,9,10). The lowest BCUT2D eigenvalue weighted by Gasteiger charge is -2.06. The van der Waals surface area contributed by atoms with E-state index in [1.165, 1.54) is 6.92 Å². The van der Waals surface area contributed by atoms with Gasteiger partial charge >= 0.3 is 0 Å². The lowest BCUT2D eigenvalue weighted by Crippen LogP contribution is -2.22. The largest absolute Gasteiger partial charge is 0.390 e. The maximum Gasteiger partial charge on any atom is 0.216 e. The Hall–Kier alpha value is -0.570. The monoisotopic (exact) mass is 157 g/mol. The van der Waals surface area contributed by atoms with Crippen LogP contribution in [-0.2, 0) is 4.79 Å². The number of nitrogens with one attached hydrogen (secondary N) is 1. The molecule has 0 spiro atoms. The Bertz CT molecular complexity index is 152. The first-order valence-electron chi connectivity index (χ1n) is 4.09. The number of hydrogen-bond acceptors (Lipinski definition) is 2. The normalized spacial score (nSPS) is 19.5. The Morgan fingerprint density at radius 3 is 2.73 bits per heavy atom. The van der Waals surface area contributed by atoms with Crippen LogP contribution in [0.25, 0.3) is 0 Å². The lowest BCUT2D eigenvalue weighted by atomic mass is 10.2. The molecule has 3 nitrogen and oxygen atoms in total. The van der Waals surface area contributed by atoms with Crippen molar-refractivity contribution in [2.45, 2.75) is 38.2 Å². The predicted molar refractivity (Wildman–Crippen MR) is 42.1 cm³/mol. The van der Waals surface area contributed by atoms with Gasteiger partial charge in [0.15, 0.2) is 0 Å². The molecule has 64 valence electrons. The second-order valence-corrected chi connectivity index (χ2v) is 3.31. The molecule has 0 aromatic heterocycles. The number of amides is 1. The molecular formula is C8H15NO2. The average Bonchev–Trinajstić information content (AvgIpc) is 2.62. The first kappa shape index (κ1) is 8.53. The molecule has 1 aliphatic rings. The van der Waals surface area contributed by atoms with E-state index < -0.39 is 0 Å². The molecule has 0 aromatic carbocycles. The quantitative estimate of drug-likeness (QED) is 0.581. The van der Waals surface area contributed by atoms with Crippen molar-refractivity contribution in [2.75, 3.05) is 6.54 Å². The first-order chi connectivity index (χ1) is 5.12. The van der Waals surface area contributed by atoms with Crippen LogP contribution in [0, 0.1) is 0 Å². The third-order valence-electron chi connectivity index (χ3n) is 2.02. The summed E-state index contributed by atoms with van der Waals surface area (Å²) in [6.45, 7) is 2.20. The molecule has 1 aliphatic carbocycles. The summed E-state index contributed by atoms with van der Waals surface area (Å²) in [6.07, 6.45) is 3.59. The smallest absolute Gasteiger partial charge is 0.216 e. The minimum Gasteiger partial charge on any atom is -0.390 e. The average molecular weight is 157 g/mol. The maximum absolute atomic E-state index is 10.4. The number of aliphatic hydroxyl groups is 1. The van der Waals surface area contributed by atoms with E-state index in [2.05, 4.69) is 5.32 Å². The van der Waals surface area contributed by atoms with Gasteiger partial charge in [-0.3, -0.25) is 4.79 Å². The van der Waals surface area contributed by atoms with Crippen LogP contribution < -0.4 is 5.32 Å². The van der Waals surface area contributed by atoms with Crippen LogP contribution >= 0.6 is 0 Å². The van der Waals surface area contributed by atoms with Gasteiger partial charge in [-0.25, -0.2) is 0 Å². The fourth-order valence-electron chi connectivity index (χ4n) is 1.08. The Morgan fingerprint density at radius 1 is 1.64 bits per heavy atom. The summed E-state index contributed by atoms with van der Waals surface area (Å²) in [5.41, 5.74) is -0.363. The van der Waals surface area contributed by atoms with E-state index in [4.69, 9.17) is 0 Å². The van der Waals surface area contributed by atoms with Gasteiger partial charge < -0.3 is 10.4 Å². The van der Waals surface area contributed by atoms with Crippen molar-refractivity contribution in [1.29, 1.82) is 0 Å². The van der Waals surface area contributed by atoms with E-state index >= 15 is 0 Å². The molecule has 1 saturated carbocycles. The number of hydrogen-bond donors (Lipinski definition) is 2. The van der Waals surface area contributed by atoms with E-state index in [1.807, 2.05) is 0 Å². The Labute approximate surface area is 66.8 Å². The van der Waals surface area contributed by atoms with Crippen LogP contribution in [0.5, 0.6) is 0 Å². The second-order valence-electron chi connectivity index (χ2n) is 3.31. The third kappa shape index (κ3) is 3.37. The fraction of sp³-hybridized carbons (Fsp3) is 0.875. The van der Waals surface area contributed by atoms with Gasteiger partial charge in [-0.05, 0) is 25.7 Å². The number of carbonyl (C=O) groups is 1. The minimum atomic E-state index is -0.363. The van der Waals surface area contributed by atoms with Crippen LogP contribution in [0.2, 0.25) is 0 Å². The SMILES string of the molecule is CC(=O)NCCCC1(O)CC1. The van der Waals surface area contributed by atoms with Crippen LogP contribution in [-0.4, -0.2) is 23.2 Å². The fourth-order valence-corrected chi connectivity index (χ4v) is 1.08. The molecule has 0 aliphatic heterocycles. The van der Waals surface area contributed by atoms with Crippen molar-refractivity contribution < 1.29 is 9.90 Å². The topological polar surface area (TPSA) is 49.3 Å². The van der Waals surface area contributed by atoms with Crippen LogP contribution in [0.15, 0.2) is 0 Å². The molecule has 0 atom stereocenters. The van der Waals surface area contributed by atoms with Crippen LogP contribution in [0.4, 0.5) is 0 Å². The Morgan fingerprint density at radius 2 is 2.27 bits per heavy atom. The van der Waals surface area contributed by atoms with Gasteiger partial charge in [-0.15, -0.1) is 0 Å². The van der Waals surface area contributed by atoms with Crippen molar-refractivity contribution in [3.63, 3.8) is 0 Å². The number of carbonyl (C=O) groups excluding carboxylic acids is 1. The summed E-state index contributed by atoms with van der Waals surface area (Å²) < 4.78 is 0. The molecule has 1 rings (SSSR count). The molecule has 11 heavy (non-hydrogen) atoms. The summed E-state index contributed by atoms with van der Waals surface area (Å²) in [7, 11) is 0. The molecule has 0 aromatic rings. The van der Waals surface area contributed by atoms with E-state index in [0.717, 1.165) is 25.7 Å². The van der Waals surface area contributed by atoms with Gasteiger partial charge in [-0.2, -0.15) is 0 Å². The van der Waals surface area contributed by atoms with Crippen LogP contribution in [0.3, 0.4) is 0 Å². The molecule has 1 amide bonds. The molecule has 0 heterocycles. The summed E-state index contributed by atoms with van der Waals surface area (Å²) in [5.74, 6) is 0.00721. The summed E-state index contributed by atoms with van der Waals surface area (Å²) in [6, 6.07) is 0. The van der Waals surface area contributed by atoms with E-state index in [0.29, 0.717) is 6.54 Å².